The highest BCUT2D eigenvalue weighted by atomic mass is 19.1. The number of benzene rings is 2. The number of carbonyl (C=O) groups is 2. The minimum atomic E-state index is -0.612. The largest absolute Gasteiger partial charge is 0.345 e. The maximum absolute atomic E-state index is 15.0. The van der Waals surface area contributed by atoms with Crippen molar-refractivity contribution >= 4 is 17.9 Å². The van der Waals surface area contributed by atoms with Crippen molar-refractivity contribution in [3.63, 3.8) is 0 Å². The zero-order valence-corrected chi connectivity index (χ0v) is 29.2. The van der Waals surface area contributed by atoms with E-state index in [0.29, 0.717) is 37.1 Å². The van der Waals surface area contributed by atoms with E-state index in [1.54, 1.807) is 6.08 Å². The van der Waals surface area contributed by atoms with Gasteiger partial charge < -0.3 is 10.2 Å². The van der Waals surface area contributed by atoms with Crippen LogP contribution in [0.2, 0.25) is 0 Å². The molecule has 1 aromatic heterocycles. The topological polar surface area (TPSA) is 75.2 Å². The molecule has 6 nitrogen and oxygen atoms in total. The fourth-order valence-corrected chi connectivity index (χ4v) is 7.13. The second-order valence-electron chi connectivity index (χ2n) is 13.8. The average molecular weight is 659 g/mol. The number of hydrogen-bond donors (Lipinski definition) is 1. The molecule has 1 aliphatic heterocycles. The molecule has 2 aromatic carbocycles. The van der Waals surface area contributed by atoms with Crippen LogP contribution in [0.1, 0.15) is 126 Å². The van der Waals surface area contributed by atoms with Crippen LogP contribution in [0.3, 0.4) is 0 Å². The Kier molecular flexibility index (Phi) is 12.4. The van der Waals surface area contributed by atoms with E-state index in [1.807, 2.05) is 31.7 Å². The molecule has 1 saturated heterocycles. The molecule has 5 rings (SSSR count). The van der Waals surface area contributed by atoms with Crippen molar-refractivity contribution in [3.05, 3.63) is 113 Å². The van der Waals surface area contributed by atoms with E-state index in [9.17, 15) is 14.0 Å². The highest BCUT2D eigenvalue weighted by molar-refractivity contribution is 5.93. The number of rotatable bonds is 7. The number of aromatic nitrogens is 2. The molecular weight excluding hydrogens is 606 g/mol. The third kappa shape index (κ3) is 9.03. The summed E-state index contributed by atoms with van der Waals surface area (Å²) in [6.45, 7) is 17.5. The van der Waals surface area contributed by atoms with Crippen LogP contribution >= 0.6 is 0 Å². The second-order valence-corrected chi connectivity index (χ2v) is 13.8. The standard InChI is InChI=1S/C38H44F2N4O2.C2H6.H2/c1-6-25-7-10-30(33(17-25)24(2)43-36(45)28-21-41-23-42-22-28)27-13-15-44(16-14-27)37(46)34-18-26(20-38(3,4)5)8-11-31(34)32-12-9-29(39)19-35(32)40;1-2;/h6-7,9-10,12,17,19-24,27,31,34H,1,8,11,13-16,18H2,2-5H3,(H,43,45);1-2H3;1H/t24-,31-,34+;;/m0../s1. The second kappa shape index (κ2) is 16.3. The summed E-state index contributed by atoms with van der Waals surface area (Å²) in [7, 11) is 0. The van der Waals surface area contributed by atoms with Crippen molar-refractivity contribution in [3.8, 4) is 0 Å². The third-order valence-electron chi connectivity index (χ3n) is 9.29. The number of allylic oxidation sites excluding steroid dienone is 2. The summed E-state index contributed by atoms with van der Waals surface area (Å²) < 4.78 is 28.8. The van der Waals surface area contributed by atoms with Gasteiger partial charge in [0.25, 0.3) is 5.91 Å². The van der Waals surface area contributed by atoms with Crippen molar-refractivity contribution in [2.24, 2.45) is 11.3 Å². The molecule has 3 atom stereocenters. The van der Waals surface area contributed by atoms with E-state index < -0.39 is 17.6 Å². The van der Waals surface area contributed by atoms with Gasteiger partial charge in [-0.05, 0) is 90.7 Å². The Morgan fingerprint density at radius 3 is 2.31 bits per heavy atom. The molecule has 1 N–H and O–H groups in total. The summed E-state index contributed by atoms with van der Waals surface area (Å²) >= 11 is 0. The van der Waals surface area contributed by atoms with Crippen molar-refractivity contribution in [1.29, 1.82) is 0 Å². The molecule has 0 unspecified atom stereocenters. The predicted octanol–water partition coefficient (Wildman–Crippen LogP) is 9.42. The van der Waals surface area contributed by atoms with Gasteiger partial charge in [-0.25, -0.2) is 18.7 Å². The first-order chi connectivity index (χ1) is 22.9. The summed E-state index contributed by atoms with van der Waals surface area (Å²) in [5.74, 6) is -1.91. The van der Waals surface area contributed by atoms with E-state index in [4.69, 9.17) is 0 Å². The van der Waals surface area contributed by atoms with Gasteiger partial charge in [-0.1, -0.05) is 77.1 Å². The molecule has 2 aliphatic rings. The molecular formula is C40H52F2N4O2. The number of amides is 2. The minimum absolute atomic E-state index is 0. The fourth-order valence-electron chi connectivity index (χ4n) is 7.13. The zero-order valence-electron chi connectivity index (χ0n) is 29.2. The van der Waals surface area contributed by atoms with Gasteiger partial charge in [-0.15, -0.1) is 0 Å². The Labute approximate surface area is 286 Å². The summed E-state index contributed by atoms with van der Waals surface area (Å²) in [6.07, 6.45) is 12.0. The Morgan fingerprint density at radius 2 is 1.69 bits per heavy atom. The number of nitrogens with one attached hydrogen (secondary N) is 1. The number of nitrogens with zero attached hydrogens (tertiary/aromatic N) is 3. The Morgan fingerprint density at radius 1 is 1.02 bits per heavy atom. The van der Waals surface area contributed by atoms with E-state index in [1.165, 1.54) is 36.4 Å². The molecule has 1 saturated carbocycles. The van der Waals surface area contributed by atoms with Gasteiger partial charge in [0.05, 0.1) is 11.6 Å². The van der Waals surface area contributed by atoms with Gasteiger partial charge in [0, 0.05) is 38.9 Å². The quantitative estimate of drug-likeness (QED) is 0.257. The van der Waals surface area contributed by atoms with Crippen LogP contribution < -0.4 is 5.32 Å². The zero-order chi connectivity index (χ0) is 35.0. The smallest absolute Gasteiger partial charge is 0.254 e. The van der Waals surface area contributed by atoms with Gasteiger partial charge in [-0.3, -0.25) is 9.59 Å². The van der Waals surface area contributed by atoms with Gasteiger partial charge >= 0.3 is 0 Å². The van der Waals surface area contributed by atoms with Crippen LogP contribution in [0.25, 0.3) is 6.08 Å². The first-order valence-corrected chi connectivity index (χ1v) is 17.2. The van der Waals surface area contributed by atoms with Crippen molar-refractivity contribution in [2.75, 3.05) is 13.1 Å². The van der Waals surface area contributed by atoms with Crippen molar-refractivity contribution in [1.82, 2.24) is 20.2 Å². The predicted molar refractivity (Wildman–Crippen MR) is 190 cm³/mol. The van der Waals surface area contributed by atoms with Crippen molar-refractivity contribution < 1.29 is 19.8 Å². The SMILES string of the molecule is C=Cc1ccc(C2CCN(C(=O)[C@@H]3CC(=CC(C)(C)C)CC[C@H]3c3ccc(F)cc3F)CC2)c([C@H](C)NC(=O)c2cncnc2)c1.CC.[HH]. The fraction of sp³-hybridized carbons (Fsp3) is 0.450. The molecule has 3 aromatic rings. The molecule has 258 valence electrons. The number of hydrogen-bond acceptors (Lipinski definition) is 4. The highest BCUT2D eigenvalue weighted by Gasteiger charge is 2.39. The lowest BCUT2D eigenvalue weighted by Crippen LogP contribution is -2.44. The summed E-state index contributed by atoms with van der Waals surface area (Å²) in [6, 6.07) is 9.67. The lowest BCUT2D eigenvalue weighted by molar-refractivity contribution is -0.137. The van der Waals surface area contributed by atoms with E-state index in [0.717, 1.165) is 42.0 Å². The van der Waals surface area contributed by atoms with Crippen LogP contribution in [-0.2, 0) is 4.79 Å². The van der Waals surface area contributed by atoms with Crippen LogP contribution in [-0.4, -0.2) is 39.8 Å². The molecule has 2 heterocycles. The van der Waals surface area contributed by atoms with Crippen LogP contribution in [0.5, 0.6) is 0 Å². The first-order valence-electron chi connectivity index (χ1n) is 17.2. The molecule has 0 spiro atoms. The van der Waals surface area contributed by atoms with Gasteiger partial charge in [0.2, 0.25) is 5.91 Å². The minimum Gasteiger partial charge on any atom is -0.345 e. The summed E-state index contributed by atoms with van der Waals surface area (Å²) in [4.78, 5) is 37.0. The average Bonchev–Trinajstić information content (AvgIpc) is 3.08. The van der Waals surface area contributed by atoms with Crippen LogP contribution in [0.15, 0.2) is 73.3 Å². The van der Waals surface area contributed by atoms with Gasteiger partial charge in [0.1, 0.15) is 18.0 Å². The van der Waals surface area contributed by atoms with Gasteiger partial charge in [0.15, 0.2) is 0 Å². The maximum Gasteiger partial charge on any atom is 0.254 e. The number of piperidine rings is 1. The molecule has 1 aliphatic carbocycles. The van der Waals surface area contributed by atoms with Crippen molar-refractivity contribution in [2.45, 2.75) is 91.5 Å². The maximum atomic E-state index is 15.0. The van der Waals surface area contributed by atoms with Crippen LogP contribution in [0.4, 0.5) is 8.78 Å². The Hall–Kier alpha value is -4.20. The van der Waals surface area contributed by atoms with E-state index in [2.05, 4.69) is 60.8 Å². The first kappa shape index (κ1) is 36.6. The number of likely N-dealkylation sites (tertiary alicyclic amines) is 1. The lowest BCUT2D eigenvalue weighted by atomic mass is 9.71. The molecule has 8 heteroatoms. The number of carbonyl (C=O) groups excluding carboxylic acids is 2. The summed E-state index contributed by atoms with van der Waals surface area (Å²) in [5, 5.41) is 3.08. The van der Waals surface area contributed by atoms with Crippen LogP contribution in [0, 0.1) is 23.0 Å². The molecule has 0 radical (unpaired) electrons. The highest BCUT2D eigenvalue weighted by Crippen LogP contribution is 2.44. The normalized spacial score (nSPS) is 20.0. The van der Waals surface area contributed by atoms with E-state index in [-0.39, 0.29) is 36.5 Å². The Balaban J connectivity index is 0.00000213. The monoisotopic (exact) mass is 658 g/mol. The molecule has 48 heavy (non-hydrogen) atoms. The molecule has 2 amide bonds. The van der Waals surface area contributed by atoms with E-state index >= 15 is 4.39 Å². The Bertz CT molecular complexity index is 1610. The van der Waals surface area contributed by atoms with Gasteiger partial charge in [-0.2, -0.15) is 0 Å². The number of halogens is 2. The lowest BCUT2D eigenvalue weighted by Gasteiger charge is -2.40. The molecule has 0 bridgehead atoms. The third-order valence-corrected chi connectivity index (χ3v) is 9.29. The molecule has 2 fully saturated rings. The summed E-state index contributed by atoms with van der Waals surface area (Å²) in [5.41, 5.74) is 5.15.